The predicted molar refractivity (Wildman–Crippen MR) is 99.3 cm³/mol. The molecule has 0 unspecified atom stereocenters. The number of hydroxylamine groups is 2. The van der Waals surface area contributed by atoms with E-state index in [-0.39, 0.29) is 12.6 Å². The highest BCUT2D eigenvalue weighted by molar-refractivity contribution is 5.95. The number of hydrogen-bond donors (Lipinski definition) is 1. The number of ether oxygens (including phenoxy) is 1. The number of carbonyl (C=O) groups is 1. The molecule has 1 saturated carbocycles. The van der Waals surface area contributed by atoms with Crippen molar-refractivity contribution in [3.8, 4) is 0 Å². The molecule has 4 heteroatoms. The van der Waals surface area contributed by atoms with Crippen LogP contribution in [0.1, 0.15) is 37.7 Å². The molecule has 132 valence electrons. The van der Waals surface area contributed by atoms with Gasteiger partial charge in [0.1, 0.15) is 0 Å². The number of esters is 1. The van der Waals surface area contributed by atoms with Crippen LogP contribution in [-0.4, -0.2) is 35.9 Å². The molecule has 1 N–H and O–H groups in total. The van der Waals surface area contributed by atoms with E-state index >= 15 is 0 Å². The van der Waals surface area contributed by atoms with E-state index < -0.39 is 5.97 Å². The molecule has 1 aliphatic rings. The number of carbonyl (C=O) groups excluding carboxylic acids is 1. The Morgan fingerprint density at radius 2 is 1.88 bits per heavy atom. The molecule has 0 heterocycles. The molecule has 0 bridgehead atoms. The van der Waals surface area contributed by atoms with Crippen molar-refractivity contribution >= 4 is 22.8 Å². The van der Waals surface area contributed by atoms with Gasteiger partial charge in [-0.3, -0.25) is 0 Å². The number of fused-ring (bicyclic) bond motifs is 1. The van der Waals surface area contributed by atoms with Crippen molar-refractivity contribution in [1.82, 2.24) is 5.06 Å². The number of rotatable bonds is 5. The van der Waals surface area contributed by atoms with E-state index in [2.05, 4.69) is 6.07 Å². The summed E-state index contributed by atoms with van der Waals surface area (Å²) in [5.74, 6) is -0.400. The third-order valence-corrected chi connectivity index (χ3v) is 4.89. The van der Waals surface area contributed by atoms with Gasteiger partial charge >= 0.3 is 5.97 Å². The molecule has 0 aliphatic heterocycles. The summed E-state index contributed by atoms with van der Waals surface area (Å²) in [6.45, 7) is 0.185. The summed E-state index contributed by atoms with van der Waals surface area (Å²) < 4.78 is 4.92. The second-order valence-electron chi connectivity index (χ2n) is 6.66. The second kappa shape index (κ2) is 8.28. The Morgan fingerprint density at radius 3 is 2.60 bits per heavy atom. The van der Waals surface area contributed by atoms with Crippen LogP contribution >= 0.6 is 0 Å². The number of nitrogens with zero attached hydrogens (tertiary/aromatic N) is 1. The van der Waals surface area contributed by atoms with Crippen LogP contribution in [0.25, 0.3) is 16.8 Å². The van der Waals surface area contributed by atoms with Gasteiger partial charge in [0.15, 0.2) is 0 Å². The lowest BCUT2D eigenvalue weighted by atomic mass is 9.95. The van der Waals surface area contributed by atoms with Gasteiger partial charge in [-0.05, 0) is 41.3 Å². The molecule has 0 atom stereocenters. The maximum absolute atomic E-state index is 12.2. The molecule has 0 amide bonds. The predicted octanol–water partition coefficient (Wildman–Crippen LogP) is 4.42. The molecule has 1 aliphatic carbocycles. The van der Waals surface area contributed by atoms with E-state index in [9.17, 15) is 10.0 Å². The fourth-order valence-corrected chi connectivity index (χ4v) is 3.48. The number of benzene rings is 2. The zero-order valence-electron chi connectivity index (χ0n) is 14.6. The second-order valence-corrected chi connectivity index (χ2v) is 6.66. The first-order valence-electron chi connectivity index (χ1n) is 8.90. The lowest BCUT2D eigenvalue weighted by Crippen LogP contribution is -2.36. The molecule has 0 aromatic heterocycles. The van der Waals surface area contributed by atoms with Gasteiger partial charge in [0.25, 0.3) is 0 Å². The summed E-state index contributed by atoms with van der Waals surface area (Å²) in [5, 5.41) is 14.0. The fourth-order valence-electron chi connectivity index (χ4n) is 3.48. The first kappa shape index (κ1) is 17.6. The highest BCUT2D eigenvalue weighted by Gasteiger charge is 2.22. The van der Waals surface area contributed by atoms with Gasteiger partial charge in [-0.2, -0.15) is 5.06 Å². The van der Waals surface area contributed by atoms with E-state index in [1.165, 1.54) is 18.6 Å². The van der Waals surface area contributed by atoms with Crippen LogP contribution < -0.4 is 0 Å². The Bertz CT molecular complexity index is 763. The Kier molecular flexibility index (Phi) is 5.84. The highest BCUT2D eigenvalue weighted by Crippen LogP contribution is 2.23. The van der Waals surface area contributed by atoms with Crippen LogP contribution in [0.4, 0.5) is 0 Å². The minimum absolute atomic E-state index is 0.124. The standard InChI is InChI=1S/C21H25NO3/c1-25-21(23)19(15-22(24)20-9-3-2-4-10-20)14-16-11-12-17-7-5-6-8-18(17)13-16/h5-8,11-14,20,24H,2-4,9-10,15H2,1H3/b19-14+. The van der Waals surface area contributed by atoms with E-state index in [4.69, 9.17) is 4.74 Å². The molecular weight excluding hydrogens is 314 g/mol. The van der Waals surface area contributed by atoms with Crippen molar-refractivity contribution in [2.75, 3.05) is 13.7 Å². The molecule has 1 fully saturated rings. The minimum atomic E-state index is -0.400. The van der Waals surface area contributed by atoms with Crippen LogP contribution in [0.3, 0.4) is 0 Å². The first-order chi connectivity index (χ1) is 12.2. The third-order valence-electron chi connectivity index (χ3n) is 4.89. The van der Waals surface area contributed by atoms with Crippen LogP contribution in [0.2, 0.25) is 0 Å². The van der Waals surface area contributed by atoms with Crippen molar-refractivity contribution in [3.63, 3.8) is 0 Å². The molecule has 0 spiro atoms. The largest absolute Gasteiger partial charge is 0.466 e. The average Bonchev–Trinajstić information content (AvgIpc) is 2.67. The normalized spacial score (nSPS) is 16.4. The lowest BCUT2D eigenvalue weighted by molar-refractivity contribution is -0.144. The summed E-state index contributed by atoms with van der Waals surface area (Å²) >= 11 is 0. The highest BCUT2D eigenvalue weighted by atomic mass is 16.5. The summed E-state index contributed by atoms with van der Waals surface area (Å²) in [5.41, 5.74) is 1.39. The molecule has 0 radical (unpaired) electrons. The molecule has 4 nitrogen and oxygen atoms in total. The topological polar surface area (TPSA) is 49.8 Å². The van der Waals surface area contributed by atoms with Gasteiger partial charge in [0, 0.05) is 6.04 Å². The van der Waals surface area contributed by atoms with Crippen LogP contribution in [-0.2, 0) is 9.53 Å². The summed E-state index contributed by atoms with van der Waals surface area (Å²) in [6.07, 6.45) is 7.24. The van der Waals surface area contributed by atoms with Gasteiger partial charge in [-0.25, -0.2) is 4.79 Å². The maximum atomic E-state index is 12.2. The molecule has 2 aromatic carbocycles. The molecule has 2 aromatic rings. The Labute approximate surface area is 148 Å². The Hall–Kier alpha value is -2.17. The zero-order chi connectivity index (χ0) is 17.6. The van der Waals surface area contributed by atoms with Crippen molar-refractivity contribution < 1.29 is 14.7 Å². The van der Waals surface area contributed by atoms with Gasteiger partial charge in [0.2, 0.25) is 0 Å². The first-order valence-corrected chi connectivity index (χ1v) is 8.90. The van der Waals surface area contributed by atoms with E-state index in [1.807, 2.05) is 42.5 Å². The van der Waals surface area contributed by atoms with Crippen molar-refractivity contribution in [2.24, 2.45) is 0 Å². The van der Waals surface area contributed by atoms with E-state index in [0.29, 0.717) is 5.57 Å². The number of methoxy groups -OCH3 is 1. The van der Waals surface area contributed by atoms with Crippen molar-refractivity contribution in [2.45, 2.75) is 38.1 Å². The lowest BCUT2D eigenvalue weighted by Gasteiger charge is -2.29. The fraction of sp³-hybridized carbons (Fsp3) is 0.381. The third kappa shape index (κ3) is 4.47. The molecule has 25 heavy (non-hydrogen) atoms. The van der Waals surface area contributed by atoms with Gasteiger partial charge in [-0.15, -0.1) is 0 Å². The van der Waals surface area contributed by atoms with E-state index in [0.717, 1.165) is 42.0 Å². The number of hydrogen-bond acceptors (Lipinski definition) is 4. The summed E-state index contributed by atoms with van der Waals surface area (Å²) in [7, 11) is 1.37. The van der Waals surface area contributed by atoms with Gasteiger partial charge < -0.3 is 9.94 Å². The SMILES string of the molecule is COC(=O)/C(=C/c1ccc2ccccc2c1)CN(O)C1CCCCC1. The molecule has 0 saturated heterocycles. The van der Waals surface area contributed by atoms with Crippen LogP contribution in [0.5, 0.6) is 0 Å². The van der Waals surface area contributed by atoms with E-state index in [1.54, 1.807) is 0 Å². The average molecular weight is 339 g/mol. The molecular formula is C21H25NO3. The maximum Gasteiger partial charge on any atom is 0.335 e. The van der Waals surface area contributed by atoms with Crippen LogP contribution in [0, 0.1) is 0 Å². The Morgan fingerprint density at radius 1 is 1.16 bits per heavy atom. The summed E-state index contributed by atoms with van der Waals surface area (Å²) in [6, 6.07) is 14.3. The van der Waals surface area contributed by atoms with Crippen molar-refractivity contribution in [3.05, 3.63) is 53.6 Å². The minimum Gasteiger partial charge on any atom is -0.466 e. The molecule has 3 rings (SSSR count). The quantitative estimate of drug-likeness (QED) is 0.498. The monoisotopic (exact) mass is 339 g/mol. The van der Waals surface area contributed by atoms with Crippen molar-refractivity contribution in [1.29, 1.82) is 0 Å². The summed E-state index contributed by atoms with van der Waals surface area (Å²) in [4.78, 5) is 12.2. The Balaban J connectivity index is 1.83. The smallest absolute Gasteiger partial charge is 0.335 e. The van der Waals surface area contributed by atoms with Crippen LogP contribution in [0.15, 0.2) is 48.0 Å². The van der Waals surface area contributed by atoms with Gasteiger partial charge in [0.05, 0.1) is 19.2 Å². The zero-order valence-corrected chi connectivity index (χ0v) is 14.6. The van der Waals surface area contributed by atoms with Gasteiger partial charge in [-0.1, -0.05) is 55.7 Å².